The van der Waals surface area contributed by atoms with Gasteiger partial charge in [-0.05, 0) is 53.4 Å². The molecule has 0 atom stereocenters. The van der Waals surface area contributed by atoms with Crippen molar-refractivity contribution < 1.29 is 19.4 Å². The molecule has 2 heterocycles. The van der Waals surface area contributed by atoms with Gasteiger partial charge in [0, 0.05) is 5.39 Å². The molecule has 0 fully saturated rings. The number of carbonyl (C=O) groups is 1. The van der Waals surface area contributed by atoms with E-state index in [9.17, 15) is 14.7 Å². The summed E-state index contributed by atoms with van der Waals surface area (Å²) in [6, 6.07) is 11.0. The van der Waals surface area contributed by atoms with Crippen LogP contribution in [-0.2, 0) is 5.41 Å². The SMILES string of the molecule is CC(C)(C)c1cc(O)c2oc3nn(-c4ccc(C(=O)O)cc4)c(=O)c-3cc2c1. The van der Waals surface area contributed by atoms with Crippen molar-refractivity contribution in [2.24, 2.45) is 0 Å². The van der Waals surface area contributed by atoms with Crippen LogP contribution >= 0.6 is 0 Å². The van der Waals surface area contributed by atoms with E-state index in [1.807, 2.05) is 26.8 Å². The van der Waals surface area contributed by atoms with Gasteiger partial charge in [0.1, 0.15) is 5.56 Å². The van der Waals surface area contributed by atoms with E-state index in [2.05, 4.69) is 5.10 Å². The molecule has 2 aromatic carbocycles. The normalized spacial score (nSPS) is 12.0. The fourth-order valence-corrected chi connectivity index (χ4v) is 3.05. The van der Waals surface area contributed by atoms with E-state index in [0.717, 1.165) is 10.2 Å². The quantitative estimate of drug-likeness (QED) is 0.550. The van der Waals surface area contributed by atoms with Gasteiger partial charge in [0.2, 0.25) is 5.89 Å². The summed E-state index contributed by atoms with van der Waals surface area (Å²) in [5, 5.41) is 24.2. The Hall–Kier alpha value is -3.61. The molecular weight excluding hydrogens is 360 g/mol. The number of hydrogen-bond donors (Lipinski definition) is 2. The zero-order chi connectivity index (χ0) is 20.2. The van der Waals surface area contributed by atoms with Crippen molar-refractivity contribution in [2.75, 3.05) is 0 Å². The van der Waals surface area contributed by atoms with Gasteiger partial charge in [-0.15, -0.1) is 5.10 Å². The first-order valence-electron chi connectivity index (χ1n) is 8.69. The molecule has 142 valence electrons. The number of phenols is 1. The van der Waals surface area contributed by atoms with Crippen molar-refractivity contribution in [1.82, 2.24) is 9.78 Å². The first kappa shape index (κ1) is 17.8. The lowest BCUT2D eigenvalue weighted by Crippen LogP contribution is -2.14. The zero-order valence-corrected chi connectivity index (χ0v) is 15.6. The van der Waals surface area contributed by atoms with Gasteiger partial charge in [-0.25, -0.2) is 4.79 Å². The van der Waals surface area contributed by atoms with Crippen LogP contribution in [0.5, 0.6) is 5.75 Å². The highest BCUT2D eigenvalue weighted by molar-refractivity contribution is 5.88. The van der Waals surface area contributed by atoms with Gasteiger partial charge < -0.3 is 14.6 Å². The molecule has 0 bridgehead atoms. The fourth-order valence-electron chi connectivity index (χ4n) is 3.05. The number of carboxylic acids is 1. The molecule has 2 N–H and O–H groups in total. The zero-order valence-electron chi connectivity index (χ0n) is 15.6. The predicted octanol–water partition coefficient (Wildman–Crippen LogP) is 3.78. The summed E-state index contributed by atoms with van der Waals surface area (Å²) >= 11 is 0. The molecule has 0 saturated heterocycles. The van der Waals surface area contributed by atoms with Crippen LogP contribution in [0.2, 0.25) is 0 Å². The molecule has 0 aliphatic carbocycles. The van der Waals surface area contributed by atoms with E-state index in [0.29, 0.717) is 11.1 Å². The molecular formula is C21H18N2O5. The number of carboxylic acid groups (broad SMARTS) is 1. The van der Waals surface area contributed by atoms with Gasteiger partial charge in [-0.2, -0.15) is 4.68 Å². The Morgan fingerprint density at radius 1 is 1.11 bits per heavy atom. The first-order chi connectivity index (χ1) is 13.1. The number of fused-ring (bicyclic) bond motifs is 2. The van der Waals surface area contributed by atoms with E-state index in [1.165, 1.54) is 24.3 Å². The highest BCUT2D eigenvalue weighted by atomic mass is 16.4. The van der Waals surface area contributed by atoms with Gasteiger partial charge >= 0.3 is 5.97 Å². The Bertz CT molecular complexity index is 1240. The first-order valence-corrected chi connectivity index (χ1v) is 8.69. The van der Waals surface area contributed by atoms with E-state index < -0.39 is 5.97 Å². The van der Waals surface area contributed by atoms with Crippen LogP contribution in [0.1, 0.15) is 36.7 Å². The van der Waals surface area contributed by atoms with Crippen molar-refractivity contribution >= 4 is 16.9 Å². The molecule has 0 radical (unpaired) electrons. The summed E-state index contributed by atoms with van der Waals surface area (Å²) in [7, 11) is 0. The van der Waals surface area contributed by atoms with E-state index in [-0.39, 0.29) is 39.3 Å². The highest BCUT2D eigenvalue weighted by Gasteiger charge is 2.23. The Kier molecular flexibility index (Phi) is 3.78. The van der Waals surface area contributed by atoms with E-state index in [4.69, 9.17) is 9.52 Å². The molecule has 0 aromatic heterocycles. The third-order valence-electron chi connectivity index (χ3n) is 4.67. The number of benzene rings is 2. The van der Waals surface area contributed by atoms with Gasteiger partial charge in [0.25, 0.3) is 5.56 Å². The van der Waals surface area contributed by atoms with Gasteiger partial charge in [0.05, 0.1) is 11.3 Å². The molecule has 7 nitrogen and oxygen atoms in total. The van der Waals surface area contributed by atoms with E-state index in [1.54, 1.807) is 12.1 Å². The highest BCUT2D eigenvalue weighted by Crippen LogP contribution is 2.35. The van der Waals surface area contributed by atoms with Crippen LogP contribution in [0.25, 0.3) is 28.1 Å². The minimum atomic E-state index is -1.05. The second kappa shape index (κ2) is 5.95. The Labute approximate surface area is 159 Å². The third kappa shape index (κ3) is 2.81. The second-order valence-electron chi connectivity index (χ2n) is 7.70. The van der Waals surface area contributed by atoms with Crippen molar-refractivity contribution in [1.29, 1.82) is 0 Å². The standard InChI is InChI=1S/C21H18N2O5/c1-21(2,3)13-8-12-9-15-18(28-17(12)16(24)10-13)22-23(19(15)25)14-6-4-11(5-7-14)20(26)27/h4-10,24H,1-3H3,(H,26,27). The number of hydrogen-bond acceptors (Lipinski definition) is 5. The summed E-state index contributed by atoms with van der Waals surface area (Å²) in [5.74, 6) is -0.971. The average Bonchev–Trinajstić information content (AvgIpc) is 2.95. The van der Waals surface area contributed by atoms with Crippen molar-refractivity contribution in [2.45, 2.75) is 26.2 Å². The maximum Gasteiger partial charge on any atom is 0.335 e. The number of aromatic nitrogens is 2. The second-order valence-corrected chi connectivity index (χ2v) is 7.70. The molecule has 0 spiro atoms. The molecule has 0 saturated carbocycles. The molecule has 4 rings (SSSR count). The summed E-state index contributed by atoms with van der Waals surface area (Å²) < 4.78 is 6.87. The summed E-state index contributed by atoms with van der Waals surface area (Å²) in [6.45, 7) is 6.09. The Balaban J connectivity index is 1.92. The Morgan fingerprint density at radius 3 is 2.39 bits per heavy atom. The topological polar surface area (TPSA) is 106 Å². The molecule has 7 heteroatoms. The summed E-state index contributed by atoms with van der Waals surface area (Å²) in [6.07, 6.45) is 0. The lowest BCUT2D eigenvalue weighted by atomic mass is 9.86. The molecule has 2 aliphatic heterocycles. The maximum absolute atomic E-state index is 12.8. The third-order valence-corrected chi connectivity index (χ3v) is 4.67. The molecule has 2 aromatic rings. The average molecular weight is 378 g/mol. The minimum absolute atomic E-state index is 0.0165. The number of aromatic carboxylic acids is 1. The number of rotatable bonds is 2. The number of aromatic hydroxyl groups is 1. The van der Waals surface area contributed by atoms with Crippen molar-refractivity contribution in [3.8, 4) is 22.9 Å². The van der Waals surface area contributed by atoms with Crippen LogP contribution in [0.3, 0.4) is 0 Å². The van der Waals surface area contributed by atoms with Crippen LogP contribution in [0.15, 0.2) is 51.7 Å². The van der Waals surface area contributed by atoms with Gasteiger partial charge in [0.15, 0.2) is 11.3 Å². The maximum atomic E-state index is 12.8. The monoisotopic (exact) mass is 378 g/mol. The Morgan fingerprint density at radius 2 is 1.79 bits per heavy atom. The summed E-state index contributed by atoms with van der Waals surface area (Å²) in [4.78, 5) is 23.8. The van der Waals surface area contributed by atoms with Crippen molar-refractivity contribution in [3.05, 3.63) is 63.9 Å². The van der Waals surface area contributed by atoms with Crippen LogP contribution in [0.4, 0.5) is 0 Å². The molecule has 2 aliphatic rings. The van der Waals surface area contributed by atoms with E-state index >= 15 is 0 Å². The smallest absolute Gasteiger partial charge is 0.335 e. The molecule has 0 amide bonds. The lowest BCUT2D eigenvalue weighted by Gasteiger charge is -2.19. The van der Waals surface area contributed by atoms with Crippen molar-refractivity contribution in [3.63, 3.8) is 0 Å². The fraction of sp³-hybridized carbons (Fsp3) is 0.190. The molecule has 28 heavy (non-hydrogen) atoms. The minimum Gasteiger partial charge on any atom is -0.504 e. The molecule has 0 unspecified atom stereocenters. The summed E-state index contributed by atoms with van der Waals surface area (Å²) in [5.41, 5.74) is 1.41. The number of phenolic OH excluding ortho intramolecular Hbond substituents is 1. The lowest BCUT2D eigenvalue weighted by molar-refractivity contribution is 0.0697. The van der Waals surface area contributed by atoms with Crippen LogP contribution < -0.4 is 5.56 Å². The van der Waals surface area contributed by atoms with Crippen LogP contribution in [0, 0.1) is 0 Å². The predicted molar refractivity (Wildman–Crippen MR) is 104 cm³/mol. The van der Waals surface area contributed by atoms with Gasteiger partial charge in [-0.1, -0.05) is 20.8 Å². The number of nitrogens with zero attached hydrogens (tertiary/aromatic N) is 2. The van der Waals surface area contributed by atoms with Gasteiger partial charge in [-0.3, -0.25) is 4.79 Å². The van der Waals surface area contributed by atoms with Crippen LogP contribution in [-0.4, -0.2) is 26.0 Å². The largest absolute Gasteiger partial charge is 0.504 e.